The molecule has 1 rings (SSSR count). The molecule has 2 atom stereocenters. The zero-order valence-electron chi connectivity index (χ0n) is 11.6. The highest BCUT2D eigenvalue weighted by atomic mass is 15.1. The molecule has 0 radical (unpaired) electrons. The van der Waals surface area contributed by atoms with Crippen LogP contribution < -0.4 is 5.73 Å². The summed E-state index contributed by atoms with van der Waals surface area (Å²) in [6.45, 7) is 7.56. The third kappa shape index (κ3) is 4.14. The van der Waals surface area contributed by atoms with Crippen LogP contribution in [0.25, 0.3) is 0 Å². The summed E-state index contributed by atoms with van der Waals surface area (Å²) in [4.78, 5) is 2.38. The zero-order chi connectivity index (χ0) is 12.8. The first-order valence-electron chi connectivity index (χ1n) is 6.58. The summed E-state index contributed by atoms with van der Waals surface area (Å²) >= 11 is 0. The summed E-state index contributed by atoms with van der Waals surface area (Å²) in [6.07, 6.45) is 2.45. The number of nitrogens with two attached hydrogens (primary N) is 1. The van der Waals surface area contributed by atoms with Crippen molar-refractivity contribution >= 4 is 0 Å². The van der Waals surface area contributed by atoms with Gasteiger partial charge in [0.15, 0.2) is 0 Å². The van der Waals surface area contributed by atoms with Gasteiger partial charge in [-0.05, 0) is 39.4 Å². The van der Waals surface area contributed by atoms with E-state index in [-0.39, 0.29) is 6.04 Å². The molecule has 1 aromatic rings. The summed E-state index contributed by atoms with van der Waals surface area (Å²) in [7, 11) is 2.17. The second kappa shape index (κ2) is 6.77. The Bertz CT molecular complexity index is 333. The van der Waals surface area contributed by atoms with Crippen molar-refractivity contribution in [3.63, 3.8) is 0 Å². The number of hydrogen-bond donors (Lipinski definition) is 1. The van der Waals surface area contributed by atoms with E-state index in [0.29, 0.717) is 6.04 Å². The van der Waals surface area contributed by atoms with E-state index >= 15 is 0 Å². The molecule has 0 saturated carbocycles. The van der Waals surface area contributed by atoms with Gasteiger partial charge in [0.2, 0.25) is 0 Å². The monoisotopic (exact) mass is 234 g/mol. The zero-order valence-corrected chi connectivity index (χ0v) is 11.6. The number of rotatable bonds is 6. The molecule has 0 aliphatic carbocycles. The van der Waals surface area contributed by atoms with Crippen LogP contribution in [-0.4, -0.2) is 24.5 Å². The van der Waals surface area contributed by atoms with Gasteiger partial charge in [-0.25, -0.2) is 0 Å². The molecule has 2 unspecified atom stereocenters. The minimum atomic E-state index is 0.152. The van der Waals surface area contributed by atoms with E-state index < -0.39 is 0 Å². The summed E-state index contributed by atoms with van der Waals surface area (Å²) < 4.78 is 0. The molecule has 0 aliphatic rings. The molecule has 0 spiro atoms. The Morgan fingerprint density at radius 1 is 1.35 bits per heavy atom. The fourth-order valence-corrected chi connectivity index (χ4v) is 2.36. The summed E-state index contributed by atoms with van der Waals surface area (Å²) in [5.74, 6) is 0. The van der Waals surface area contributed by atoms with Crippen molar-refractivity contribution < 1.29 is 0 Å². The molecule has 0 saturated heterocycles. The molecule has 1 aromatic carbocycles. The van der Waals surface area contributed by atoms with Crippen LogP contribution in [0.1, 0.15) is 43.9 Å². The molecular weight excluding hydrogens is 208 g/mol. The normalized spacial score (nSPS) is 14.9. The van der Waals surface area contributed by atoms with Crippen LogP contribution in [0.2, 0.25) is 0 Å². The van der Waals surface area contributed by atoms with Gasteiger partial charge in [0, 0.05) is 12.1 Å². The van der Waals surface area contributed by atoms with Gasteiger partial charge in [-0.15, -0.1) is 0 Å². The van der Waals surface area contributed by atoms with Crippen LogP contribution in [0.3, 0.4) is 0 Å². The Labute approximate surface area is 106 Å². The minimum Gasteiger partial charge on any atom is -0.326 e. The van der Waals surface area contributed by atoms with E-state index in [9.17, 15) is 0 Å². The van der Waals surface area contributed by atoms with E-state index in [0.717, 1.165) is 6.54 Å². The first-order chi connectivity index (χ1) is 8.06. The molecule has 2 heteroatoms. The Kier molecular flexibility index (Phi) is 5.66. The quantitative estimate of drug-likeness (QED) is 0.819. The lowest BCUT2D eigenvalue weighted by atomic mass is 9.98. The fraction of sp³-hybridized carbons (Fsp3) is 0.600. The van der Waals surface area contributed by atoms with Crippen LogP contribution in [0.4, 0.5) is 0 Å². The second-order valence-electron chi connectivity index (χ2n) is 5.05. The van der Waals surface area contributed by atoms with Gasteiger partial charge in [0.25, 0.3) is 0 Å². The van der Waals surface area contributed by atoms with Gasteiger partial charge in [0.1, 0.15) is 0 Å². The Balaban J connectivity index is 2.85. The minimum absolute atomic E-state index is 0.152. The molecule has 0 aliphatic heterocycles. The Morgan fingerprint density at radius 3 is 2.59 bits per heavy atom. The Hall–Kier alpha value is -0.860. The fourth-order valence-electron chi connectivity index (χ4n) is 2.36. The molecule has 0 heterocycles. The first kappa shape index (κ1) is 14.2. The number of likely N-dealkylation sites (N-methyl/N-ethyl adjacent to an activating group) is 1. The van der Waals surface area contributed by atoms with Gasteiger partial charge in [-0.2, -0.15) is 0 Å². The molecule has 2 N–H and O–H groups in total. The lowest BCUT2D eigenvalue weighted by Crippen LogP contribution is -2.37. The van der Waals surface area contributed by atoms with Crippen molar-refractivity contribution in [3.05, 3.63) is 35.4 Å². The third-order valence-electron chi connectivity index (χ3n) is 3.22. The lowest BCUT2D eigenvalue weighted by Gasteiger charge is -2.31. The van der Waals surface area contributed by atoms with E-state index in [1.807, 2.05) is 0 Å². The van der Waals surface area contributed by atoms with E-state index in [2.05, 4.69) is 57.0 Å². The van der Waals surface area contributed by atoms with Crippen molar-refractivity contribution in [1.82, 2.24) is 4.90 Å². The molecule has 0 aromatic heterocycles. The van der Waals surface area contributed by atoms with Gasteiger partial charge in [-0.1, -0.05) is 43.2 Å². The molecule has 17 heavy (non-hydrogen) atoms. The van der Waals surface area contributed by atoms with Gasteiger partial charge in [0.05, 0.1) is 0 Å². The standard InChI is InChI=1S/C15H26N2/c1-5-6-10-17(4)15(13(3)16)14-9-7-8-12(2)11-14/h7-9,11,13,15H,5-6,10,16H2,1-4H3. The van der Waals surface area contributed by atoms with Crippen LogP contribution in [0.5, 0.6) is 0 Å². The lowest BCUT2D eigenvalue weighted by molar-refractivity contribution is 0.216. The average Bonchev–Trinajstić information content (AvgIpc) is 2.26. The largest absolute Gasteiger partial charge is 0.326 e. The maximum atomic E-state index is 6.15. The van der Waals surface area contributed by atoms with Crippen LogP contribution in [-0.2, 0) is 0 Å². The van der Waals surface area contributed by atoms with Crippen LogP contribution >= 0.6 is 0 Å². The first-order valence-corrected chi connectivity index (χ1v) is 6.58. The predicted octanol–water partition coefficient (Wildman–Crippen LogP) is 3.12. The third-order valence-corrected chi connectivity index (χ3v) is 3.22. The highest BCUT2D eigenvalue weighted by molar-refractivity contribution is 5.26. The van der Waals surface area contributed by atoms with Crippen molar-refractivity contribution in [3.8, 4) is 0 Å². The number of unbranched alkanes of at least 4 members (excludes halogenated alkanes) is 1. The highest BCUT2D eigenvalue weighted by Gasteiger charge is 2.20. The smallest absolute Gasteiger partial charge is 0.0493 e. The molecule has 0 bridgehead atoms. The van der Waals surface area contributed by atoms with Gasteiger partial charge in [-0.3, -0.25) is 4.90 Å². The van der Waals surface area contributed by atoms with Crippen LogP contribution in [0, 0.1) is 6.92 Å². The molecule has 2 nitrogen and oxygen atoms in total. The van der Waals surface area contributed by atoms with Gasteiger partial charge < -0.3 is 5.73 Å². The van der Waals surface area contributed by atoms with E-state index in [1.54, 1.807) is 0 Å². The maximum Gasteiger partial charge on any atom is 0.0493 e. The van der Waals surface area contributed by atoms with Crippen LogP contribution in [0.15, 0.2) is 24.3 Å². The van der Waals surface area contributed by atoms with E-state index in [4.69, 9.17) is 5.73 Å². The number of hydrogen-bond acceptors (Lipinski definition) is 2. The number of benzene rings is 1. The van der Waals surface area contributed by atoms with Crippen molar-refractivity contribution in [1.29, 1.82) is 0 Å². The second-order valence-corrected chi connectivity index (χ2v) is 5.05. The topological polar surface area (TPSA) is 29.3 Å². The summed E-state index contributed by atoms with van der Waals surface area (Å²) in [5.41, 5.74) is 8.78. The number of nitrogens with zero attached hydrogens (tertiary/aromatic N) is 1. The molecule has 0 amide bonds. The number of aryl methyl sites for hydroxylation is 1. The molecular formula is C15H26N2. The van der Waals surface area contributed by atoms with Crippen molar-refractivity contribution in [2.75, 3.05) is 13.6 Å². The summed E-state index contributed by atoms with van der Waals surface area (Å²) in [5, 5.41) is 0. The Morgan fingerprint density at radius 2 is 2.06 bits per heavy atom. The van der Waals surface area contributed by atoms with Crippen molar-refractivity contribution in [2.24, 2.45) is 5.73 Å². The highest BCUT2D eigenvalue weighted by Crippen LogP contribution is 2.23. The van der Waals surface area contributed by atoms with Gasteiger partial charge >= 0.3 is 0 Å². The predicted molar refractivity (Wildman–Crippen MR) is 75.1 cm³/mol. The maximum absolute atomic E-state index is 6.15. The SMILES string of the molecule is CCCCN(C)C(c1cccc(C)c1)C(C)N. The van der Waals surface area contributed by atoms with E-state index in [1.165, 1.54) is 24.0 Å². The average molecular weight is 234 g/mol. The van der Waals surface area contributed by atoms with Crippen molar-refractivity contribution in [2.45, 2.75) is 45.7 Å². The molecule has 96 valence electrons. The molecule has 0 fully saturated rings. The summed E-state index contributed by atoms with van der Waals surface area (Å²) in [6, 6.07) is 9.15.